The van der Waals surface area contributed by atoms with E-state index in [-0.39, 0.29) is 12.6 Å². The largest absolute Gasteiger partial charge is 0.394 e. The fraction of sp³-hybridized carbons (Fsp3) is 0.538. The normalized spacial score (nSPS) is 25.1. The number of piperazine rings is 1. The van der Waals surface area contributed by atoms with Gasteiger partial charge < -0.3 is 15.3 Å². The van der Waals surface area contributed by atoms with E-state index in [0.717, 1.165) is 23.8 Å². The van der Waals surface area contributed by atoms with Gasteiger partial charge in [0.25, 0.3) is 0 Å². The zero-order valence-corrected chi connectivity index (χ0v) is 11.0. The highest BCUT2D eigenvalue weighted by molar-refractivity contribution is 6.30. The van der Waals surface area contributed by atoms with Crippen LogP contribution in [0.15, 0.2) is 18.2 Å². The third kappa shape index (κ3) is 2.57. The Hall–Kier alpha value is -0.770. The number of nitrogens with zero attached hydrogens (tertiary/aromatic N) is 1. The summed E-state index contributed by atoms with van der Waals surface area (Å²) in [7, 11) is 0. The first-order chi connectivity index (χ1) is 8.13. The average molecular weight is 255 g/mol. The van der Waals surface area contributed by atoms with Gasteiger partial charge in [0, 0.05) is 29.8 Å². The summed E-state index contributed by atoms with van der Waals surface area (Å²) in [6.07, 6.45) is 0. The maximum atomic E-state index is 9.49. The van der Waals surface area contributed by atoms with Crippen LogP contribution in [0.2, 0.25) is 5.02 Å². The summed E-state index contributed by atoms with van der Waals surface area (Å²) in [5, 5.41) is 13.6. The van der Waals surface area contributed by atoms with Crippen molar-refractivity contribution in [1.82, 2.24) is 5.32 Å². The molecule has 1 heterocycles. The lowest BCUT2D eigenvalue weighted by atomic mass is 10.0. The van der Waals surface area contributed by atoms with Crippen LogP contribution in [0.5, 0.6) is 0 Å². The van der Waals surface area contributed by atoms with E-state index in [9.17, 15) is 5.11 Å². The monoisotopic (exact) mass is 254 g/mol. The number of nitrogens with one attached hydrogen (secondary N) is 1. The summed E-state index contributed by atoms with van der Waals surface area (Å²) in [6.45, 7) is 6.14. The number of aliphatic hydroxyl groups is 1. The Morgan fingerprint density at radius 2 is 2.24 bits per heavy atom. The Labute approximate surface area is 107 Å². The predicted molar refractivity (Wildman–Crippen MR) is 71.9 cm³/mol. The molecule has 1 aromatic rings. The molecule has 0 amide bonds. The zero-order valence-electron chi connectivity index (χ0n) is 10.3. The molecule has 1 aromatic carbocycles. The molecule has 0 spiro atoms. The minimum atomic E-state index is 0.121. The Bertz CT molecular complexity index is 397. The van der Waals surface area contributed by atoms with Crippen LogP contribution in [0.1, 0.15) is 12.5 Å². The van der Waals surface area contributed by atoms with E-state index in [2.05, 4.69) is 24.1 Å². The minimum Gasteiger partial charge on any atom is -0.394 e. The van der Waals surface area contributed by atoms with Gasteiger partial charge in [-0.1, -0.05) is 17.7 Å². The second-order valence-corrected chi connectivity index (χ2v) is 5.12. The number of hydrogen-bond donors (Lipinski definition) is 2. The van der Waals surface area contributed by atoms with Crippen molar-refractivity contribution < 1.29 is 5.11 Å². The van der Waals surface area contributed by atoms with Crippen LogP contribution in [0.3, 0.4) is 0 Å². The van der Waals surface area contributed by atoms with E-state index in [1.165, 1.54) is 5.56 Å². The van der Waals surface area contributed by atoms with Gasteiger partial charge in [-0.25, -0.2) is 0 Å². The van der Waals surface area contributed by atoms with Crippen molar-refractivity contribution in [2.45, 2.75) is 25.9 Å². The lowest BCUT2D eigenvalue weighted by molar-refractivity contribution is 0.235. The summed E-state index contributed by atoms with van der Waals surface area (Å²) < 4.78 is 0. The topological polar surface area (TPSA) is 35.5 Å². The Kier molecular flexibility index (Phi) is 3.92. The van der Waals surface area contributed by atoms with E-state index < -0.39 is 0 Å². The first-order valence-corrected chi connectivity index (χ1v) is 6.37. The van der Waals surface area contributed by atoms with Crippen LogP contribution >= 0.6 is 11.6 Å². The maximum Gasteiger partial charge on any atom is 0.0649 e. The van der Waals surface area contributed by atoms with Crippen LogP contribution < -0.4 is 10.2 Å². The van der Waals surface area contributed by atoms with Crippen LogP contribution in [0.4, 0.5) is 5.69 Å². The molecule has 2 unspecified atom stereocenters. The van der Waals surface area contributed by atoms with Crippen LogP contribution in [0.25, 0.3) is 0 Å². The van der Waals surface area contributed by atoms with E-state index in [1.807, 2.05) is 18.2 Å². The number of anilines is 1. The molecule has 0 aliphatic carbocycles. The molecule has 0 bridgehead atoms. The van der Waals surface area contributed by atoms with Crippen LogP contribution in [0, 0.1) is 6.92 Å². The van der Waals surface area contributed by atoms with Gasteiger partial charge in [-0.05, 0) is 31.5 Å². The molecule has 4 heteroatoms. The minimum absolute atomic E-state index is 0.121. The Morgan fingerprint density at radius 3 is 2.94 bits per heavy atom. The number of aryl methyl sites for hydroxylation is 1. The molecule has 1 aliphatic rings. The highest BCUT2D eigenvalue weighted by atomic mass is 35.5. The second kappa shape index (κ2) is 5.25. The van der Waals surface area contributed by atoms with Crippen molar-refractivity contribution in [1.29, 1.82) is 0 Å². The Morgan fingerprint density at radius 1 is 1.47 bits per heavy atom. The third-order valence-corrected chi connectivity index (χ3v) is 3.58. The highest BCUT2D eigenvalue weighted by Gasteiger charge is 2.28. The average Bonchev–Trinajstić information content (AvgIpc) is 2.32. The predicted octanol–water partition coefficient (Wildman–Crippen LogP) is 1.81. The van der Waals surface area contributed by atoms with Crippen molar-refractivity contribution >= 4 is 17.3 Å². The van der Waals surface area contributed by atoms with Crippen molar-refractivity contribution in [3.8, 4) is 0 Å². The molecule has 2 rings (SSSR count). The fourth-order valence-corrected chi connectivity index (χ4v) is 2.63. The van der Waals surface area contributed by atoms with Gasteiger partial charge in [-0.2, -0.15) is 0 Å². The van der Waals surface area contributed by atoms with Crippen LogP contribution in [-0.2, 0) is 0 Å². The molecule has 0 aromatic heterocycles. The summed E-state index contributed by atoms with van der Waals surface area (Å²) in [5.41, 5.74) is 2.33. The molecule has 94 valence electrons. The SMILES string of the molecule is Cc1ccc(Cl)cc1N1C(C)CNCC1CO. The number of aliphatic hydroxyl groups excluding tert-OH is 1. The highest BCUT2D eigenvalue weighted by Crippen LogP contribution is 2.28. The third-order valence-electron chi connectivity index (χ3n) is 3.35. The van der Waals surface area contributed by atoms with Crippen molar-refractivity contribution in [3.05, 3.63) is 28.8 Å². The number of halogens is 1. The molecule has 0 saturated carbocycles. The lowest BCUT2D eigenvalue weighted by Gasteiger charge is -2.42. The molecular weight excluding hydrogens is 236 g/mol. The van der Waals surface area contributed by atoms with Gasteiger partial charge in [0.05, 0.1) is 12.6 Å². The standard InChI is InChI=1S/C13H19ClN2O/c1-9-3-4-11(14)5-13(9)16-10(2)6-15-7-12(16)8-17/h3-5,10,12,15,17H,6-8H2,1-2H3. The molecule has 17 heavy (non-hydrogen) atoms. The molecule has 2 N–H and O–H groups in total. The summed E-state index contributed by atoms with van der Waals surface area (Å²) in [6, 6.07) is 6.40. The lowest BCUT2D eigenvalue weighted by Crippen LogP contribution is -2.58. The zero-order chi connectivity index (χ0) is 12.4. The summed E-state index contributed by atoms with van der Waals surface area (Å²) in [4.78, 5) is 2.28. The molecule has 2 atom stereocenters. The van der Waals surface area contributed by atoms with Crippen LogP contribution in [-0.4, -0.2) is 36.9 Å². The molecule has 3 nitrogen and oxygen atoms in total. The first-order valence-electron chi connectivity index (χ1n) is 5.99. The van der Waals surface area contributed by atoms with E-state index in [0.29, 0.717) is 6.04 Å². The van der Waals surface area contributed by atoms with Gasteiger partial charge in [0.15, 0.2) is 0 Å². The molecule has 0 radical (unpaired) electrons. The Balaban J connectivity index is 2.37. The number of benzene rings is 1. The molecule has 1 aliphatic heterocycles. The van der Waals surface area contributed by atoms with E-state index >= 15 is 0 Å². The molecule has 1 saturated heterocycles. The van der Waals surface area contributed by atoms with Gasteiger partial charge >= 0.3 is 0 Å². The smallest absolute Gasteiger partial charge is 0.0649 e. The van der Waals surface area contributed by atoms with Crippen molar-refractivity contribution in [3.63, 3.8) is 0 Å². The van der Waals surface area contributed by atoms with Crippen molar-refractivity contribution in [2.75, 3.05) is 24.6 Å². The number of rotatable bonds is 2. The van der Waals surface area contributed by atoms with Crippen molar-refractivity contribution in [2.24, 2.45) is 0 Å². The number of hydrogen-bond acceptors (Lipinski definition) is 3. The van der Waals surface area contributed by atoms with E-state index in [4.69, 9.17) is 11.6 Å². The second-order valence-electron chi connectivity index (χ2n) is 4.68. The summed E-state index contributed by atoms with van der Waals surface area (Å²) in [5.74, 6) is 0. The summed E-state index contributed by atoms with van der Waals surface area (Å²) >= 11 is 6.07. The maximum absolute atomic E-state index is 9.49. The van der Waals surface area contributed by atoms with E-state index in [1.54, 1.807) is 0 Å². The van der Waals surface area contributed by atoms with Gasteiger partial charge in [-0.15, -0.1) is 0 Å². The van der Waals surface area contributed by atoms with Gasteiger partial charge in [-0.3, -0.25) is 0 Å². The fourth-order valence-electron chi connectivity index (χ4n) is 2.46. The quantitative estimate of drug-likeness (QED) is 0.845. The molecule has 1 fully saturated rings. The van der Waals surface area contributed by atoms with Gasteiger partial charge in [0.1, 0.15) is 0 Å². The molecular formula is C13H19ClN2O. The van der Waals surface area contributed by atoms with Gasteiger partial charge in [0.2, 0.25) is 0 Å². The first kappa shape index (κ1) is 12.7.